The molecule has 0 rings (SSSR count). The Hall–Kier alpha value is -3.07. The maximum Gasteiger partial charge on any atom is 0.472 e. The van der Waals surface area contributed by atoms with Crippen LogP contribution in [0.1, 0.15) is 373 Å². The van der Waals surface area contributed by atoms with Crippen molar-refractivity contribution in [1.29, 1.82) is 0 Å². The van der Waals surface area contributed by atoms with E-state index in [1.54, 1.807) is 0 Å². The average molecular weight is 1340 g/mol. The summed E-state index contributed by atoms with van der Waals surface area (Å²) < 4.78 is 34.8. The highest BCUT2D eigenvalue weighted by Gasteiger charge is 2.27. The van der Waals surface area contributed by atoms with E-state index in [-0.39, 0.29) is 25.6 Å². The van der Waals surface area contributed by atoms with Gasteiger partial charge in [-0.3, -0.25) is 18.6 Å². The van der Waals surface area contributed by atoms with Crippen molar-refractivity contribution in [3.05, 3.63) is 97.2 Å². The maximum absolute atomic E-state index is 12.9. The van der Waals surface area contributed by atoms with Gasteiger partial charge in [0.25, 0.3) is 0 Å². The van der Waals surface area contributed by atoms with Crippen LogP contribution in [0.25, 0.3) is 0 Å². The number of phosphoric ester groups is 1. The second-order valence-electron chi connectivity index (χ2n) is 28.1. The van der Waals surface area contributed by atoms with Crippen molar-refractivity contribution in [3.8, 4) is 0 Å². The third-order valence-electron chi connectivity index (χ3n) is 17.6. The second-order valence-corrected chi connectivity index (χ2v) is 29.5. The molecular weight excluding hydrogens is 1180 g/mol. The zero-order valence-electron chi connectivity index (χ0n) is 62.4. The molecule has 1 N–H and O–H groups in total. The number of hydrogen-bond acceptors (Lipinski definition) is 7. The van der Waals surface area contributed by atoms with E-state index in [1.165, 1.54) is 263 Å². The number of quaternary nitrogens is 1. The van der Waals surface area contributed by atoms with Crippen molar-refractivity contribution in [1.82, 2.24) is 0 Å². The van der Waals surface area contributed by atoms with Crippen molar-refractivity contribution in [2.45, 2.75) is 380 Å². The molecule has 0 aliphatic heterocycles. The van der Waals surface area contributed by atoms with Gasteiger partial charge in [-0.15, -0.1) is 0 Å². The molecule has 546 valence electrons. The van der Waals surface area contributed by atoms with Crippen LogP contribution in [-0.2, 0) is 32.7 Å². The smallest absolute Gasteiger partial charge is 0.462 e. The van der Waals surface area contributed by atoms with Crippen LogP contribution < -0.4 is 0 Å². The van der Waals surface area contributed by atoms with E-state index < -0.39 is 26.5 Å². The molecule has 0 amide bonds. The quantitative estimate of drug-likeness (QED) is 0.0211. The molecular formula is C84H153NO8P+. The summed E-state index contributed by atoms with van der Waals surface area (Å²) in [6.45, 7) is 4.36. The molecule has 0 aromatic carbocycles. The zero-order chi connectivity index (χ0) is 68.3. The second kappa shape index (κ2) is 74.2. The molecule has 0 radical (unpaired) electrons. The Labute approximate surface area is 583 Å². The molecule has 0 aromatic rings. The van der Waals surface area contributed by atoms with E-state index in [9.17, 15) is 19.0 Å². The number of carbonyl (C=O) groups is 2. The lowest BCUT2D eigenvalue weighted by Crippen LogP contribution is -2.37. The highest BCUT2D eigenvalue weighted by atomic mass is 31.2. The van der Waals surface area contributed by atoms with Crippen molar-refractivity contribution in [2.75, 3.05) is 47.5 Å². The topological polar surface area (TPSA) is 108 Å². The Bertz CT molecular complexity index is 1910. The molecule has 0 aliphatic rings. The van der Waals surface area contributed by atoms with Crippen LogP contribution in [0.2, 0.25) is 0 Å². The van der Waals surface area contributed by atoms with Gasteiger partial charge < -0.3 is 18.9 Å². The molecule has 0 saturated carbocycles. The number of hydrogen-bond donors (Lipinski definition) is 1. The highest BCUT2D eigenvalue weighted by Crippen LogP contribution is 2.43. The summed E-state index contributed by atoms with van der Waals surface area (Å²) in [6.07, 6.45) is 104. The minimum atomic E-state index is -4.40. The molecule has 0 bridgehead atoms. The summed E-state index contributed by atoms with van der Waals surface area (Å²) in [5.74, 6) is -0.782. The minimum Gasteiger partial charge on any atom is -0.462 e. The molecule has 2 unspecified atom stereocenters. The van der Waals surface area contributed by atoms with Crippen LogP contribution >= 0.6 is 7.82 Å². The third kappa shape index (κ3) is 77.9. The lowest BCUT2D eigenvalue weighted by molar-refractivity contribution is -0.870. The van der Waals surface area contributed by atoms with E-state index in [0.29, 0.717) is 23.9 Å². The van der Waals surface area contributed by atoms with E-state index >= 15 is 0 Å². The summed E-state index contributed by atoms with van der Waals surface area (Å²) in [5, 5.41) is 0. The summed E-state index contributed by atoms with van der Waals surface area (Å²) in [5.41, 5.74) is 0. The van der Waals surface area contributed by atoms with Crippen LogP contribution in [0.4, 0.5) is 0 Å². The van der Waals surface area contributed by atoms with Crippen LogP contribution in [0, 0.1) is 0 Å². The van der Waals surface area contributed by atoms with Gasteiger partial charge in [-0.2, -0.15) is 0 Å². The number of ether oxygens (including phenoxy) is 2. The normalized spacial score (nSPS) is 13.6. The fraction of sp³-hybridized carbons (Fsp3) is 0.786. The van der Waals surface area contributed by atoms with E-state index in [2.05, 4.69) is 111 Å². The van der Waals surface area contributed by atoms with Crippen molar-refractivity contribution < 1.29 is 42.1 Å². The molecule has 0 spiro atoms. The van der Waals surface area contributed by atoms with Gasteiger partial charge in [0.15, 0.2) is 6.10 Å². The Morgan fingerprint density at radius 2 is 0.606 bits per heavy atom. The molecule has 0 aliphatic carbocycles. The predicted octanol–water partition coefficient (Wildman–Crippen LogP) is 26.6. The molecule has 10 heteroatoms. The number of rotatable bonds is 74. The van der Waals surface area contributed by atoms with Crippen molar-refractivity contribution in [3.63, 3.8) is 0 Å². The molecule has 0 fully saturated rings. The number of likely N-dealkylation sites (N-methyl/N-ethyl adjacent to an activating group) is 1. The molecule has 0 saturated heterocycles. The molecule has 9 nitrogen and oxygen atoms in total. The van der Waals surface area contributed by atoms with E-state index in [0.717, 1.165) is 77.0 Å². The third-order valence-corrected chi connectivity index (χ3v) is 18.6. The van der Waals surface area contributed by atoms with Crippen molar-refractivity contribution in [2.24, 2.45) is 0 Å². The highest BCUT2D eigenvalue weighted by molar-refractivity contribution is 7.47. The van der Waals surface area contributed by atoms with E-state index in [4.69, 9.17) is 18.5 Å². The van der Waals surface area contributed by atoms with Gasteiger partial charge in [0, 0.05) is 12.8 Å². The summed E-state index contributed by atoms with van der Waals surface area (Å²) in [6, 6.07) is 0. The lowest BCUT2D eigenvalue weighted by atomic mass is 10.0. The first kappa shape index (κ1) is 90.9. The minimum absolute atomic E-state index is 0.0310. The summed E-state index contributed by atoms with van der Waals surface area (Å²) in [7, 11) is 1.49. The van der Waals surface area contributed by atoms with Crippen LogP contribution in [0.5, 0.6) is 0 Å². The van der Waals surface area contributed by atoms with Gasteiger partial charge in [-0.05, 0) is 96.3 Å². The Balaban J connectivity index is 3.93. The van der Waals surface area contributed by atoms with Gasteiger partial charge in [-0.1, -0.05) is 361 Å². The number of esters is 2. The largest absolute Gasteiger partial charge is 0.472 e. The lowest BCUT2D eigenvalue weighted by Gasteiger charge is -2.24. The van der Waals surface area contributed by atoms with Gasteiger partial charge in [-0.25, -0.2) is 4.57 Å². The van der Waals surface area contributed by atoms with Crippen LogP contribution in [0.3, 0.4) is 0 Å². The SMILES string of the molecule is CC/C=C\C/C=C\C/C=C\C/C=C\C/C=C\CCCCCCCCCCCCCCCCCC(=O)OC(COC(=O)CCCCCCCCCCCCCCCCCCCCCCCCCC/C=C\C/C=C\C/C=C\CCCCCCC)COP(=O)(O)OCC[N+](C)(C)C. The standard InChI is InChI=1S/C84H152NO8P/c1-6-8-10-12-14-16-18-20-22-24-26-28-30-32-34-36-38-39-40-41-42-43-44-45-47-48-50-52-54-56-58-60-62-64-66-68-70-72-74-76-83(86)90-80-82(81-92-94(88,89)91-79-78-85(3,4)5)93-84(87)77-75-73-71-69-67-65-63-61-59-57-55-53-51-49-46-37-35-33-31-29-27-25-23-21-19-17-15-13-11-9-7-2/h9,11,15,17-18,20-21,23-24,26-27,29-30,32-33,35,82H,6-8,10,12-14,16,19,22,25,28,31,34,36-81H2,1-5H3/p+1/b11-9-,17-15-,20-18-,23-21-,26-24-,29-27-,32-30-,35-33-. The van der Waals surface area contributed by atoms with Gasteiger partial charge >= 0.3 is 19.8 Å². The molecule has 0 heterocycles. The fourth-order valence-corrected chi connectivity index (χ4v) is 12.3. The molecule has 94 heavy (non-hydrogen) atoms. The maximum atomic E-state index is 12.9. The number of phosphoric acid groups is 1. The first-order valence-corrected chi connectivity index (χ1v) is 41.5. The van der Waals surface area contributed by atoms with Crippen LogP contribution in [-0.4, -0.2) is 74.9 Å². The summed E-state index contributed by atoms with van der Waals surface area (Å²) >= 11 is 0. The van der Waals surface area contributed by atoms with Crippen LogP contribution in [0.15, 0.2) is 97.2 Å². The molecule has 0 aromatic heterocycles. The van der Waals surface area contributed by atoms with E-state index in [1.807, 2.05) is 21.1 Å². The monoisotopic (exact) mass is 1340 g/mol. The number of nitrogens with zero attached hydrogens (tertiary/aromatic N) is 1. The number of allylic oxidation sites excluding steroid dienone is 16. The number of carbonyl (C=O) groups excluding carboxylic acids is 2. The average Bonchev–Trinajstić information content (AvgIpc) is 1.66. The first-order valence-electron chi connectivity index (χ1n) is 40.0. The Morgan fingerprint density at radius 1 is 0.340 bits per heavy atom. The summed E-state index contributed by atoms with van der Waals surface area (Å²) in [4.78, 5) is 36.0. The Kier molecular flexibility index (Phi) is 71.7. The fourth-order valence-electron chi connectivity index (χ4n) is 11.5. The predicted molar refractivity (Wildman–Crippen MR) is 408 cm³/mol. The Morgan fingerprint density at radius 3 is 0.904 bits per heavy atom. The van der Waals surface area contributed by atoms with Gasteiger partial charge in [0.05, 0.1) is 27.7 Å². The molecule has 2 atom stereocenters. The zero-order valence-corrected chi connectivity index (χ0v) is 63.3. The first-order chi connectivity index (χ1) is 46.0. The number of unbranched alkanes of at least 4 members (excludes halogenated alkanes) is 44. The van der Waals surface area contributed by atoms with Gasteiger partial charge in [0.1, 0.15) is 19.8 Å². The van der Waals surface area contributed by atoms with Gasteiger partial charge in [0.2, 0.25) is 0 Å². The van der Waals surface area contributed by atoms with Crippen molar-refractivity contribution >= 4 is 19.8 Å².